The number of ether oxygens (including phenoxy) is 2. The fourth-order valence-electron chi connectivity index (χ4n) is 2.67. The highest BCUT2D eigenvalue weighted by Crippen LogP contribution is 2.35. The first-order valence-corrected chi connectivity index (χ1v) is 11.7. The average Bonchev–Trinajstić information content (AvgIpc) is 3.14. The van der Waals surface area contributed by atoms with Crippen molar-refractivity contribution >= 4 is 46.6 Å². The van der Waals surface area contributed by atoms with Crippen LogP contribution in [0.15, 0.2) is 35.5 Å². The molecule has 3 aromatic rings. The van der Waals surface area contributed by atoms with Crippen LogP contribution >= 0.6 is 46.6 Å². The summed E-state index contributed by atoms with van der Waals surface area (Å²) in [5.41, 5.74) is 1.75. The van der Waals surface area contributed by atoms with Crippen LogP contribution in [0.5, 0.6) is 11.5 Å². The number of halogens is 3. The minimum Gasteiger partial charge on any atom is -0.490 e. The van der Waals surface area contributed by atoms with Gasteiger partial charge in [0.2, 0.25) is 5.16 Å². The largest absolute Gasteiger partial charge is 0.490 e. The molecule has 0 saturated carbocycles. The van der Waals surface area contributed by atoms with Crippen LogP contribution in [-0.2, 0) is 20.2 Å². The van der Waals surface area contributed by atoms with E-state index in [9.17, 15) is 0 Å². The maximum atomic E-state index is 6.50. The van der Waals surface area contributed by atoms with E-state index in [1.165, 1.54) is 0 Å². The zero-order valence-corrected chi connectivity index (χ0v) is 20.2. The van der Waals surface area contributed by atoms with Gasteiger partial charge in [0.15, 0.2) is 11.5 Å². The van der Waals surface area contributed by atoms with E-state index < -0.39 is 0 Å². The van der Waals surface area contributed by atoms with Gasteiger partial charge in [0.1, 0.15) is 6.61 Å². The van der Waals surface area contributed by atoms with Gasteiger partial charge in [0.05, 0.1) is 6.61 Å². The molecule has 0 fully saturated rings. The van der Waals surface area contributed by atoms with Gasteiger partial charge < -0.3 is 14.8 Å². The number of hydrogen-bond donors (Lipinski definition) is 1. The van der Waals surface area contributed by atoms with Gasteiger partial charge in [-0.25, -0.2) is 4.68 Å². The molecule has 0 atom stereocenters. The normalized spacial score (nSPS) is 11.0. The van der Waals surface area contributed by atoms with Crippen molar-refractivity contribution < 1.29 is 9.47 Å². The Balaban J connectivity index is 1.59. The highest BCUT2D eigenvalue weighted by molar-refractivity contribution is 7.99. The molecule has 0 aliphatic heterocycles. The Kier molecular flexibility index (Phi) is 9.10. The average molecular weight is 503 g/mol. The summed E-state index contributed by atoms with van der Waals surface area (Å²) in [7, 11) is 1.81. The molecular formula is C20H22Cl3N5O2S. The fraction of sp³-hybridized carbons (Fsp3) is 0.350. The first-order valence-electron chi connectivity index (χ1n) is 9.55. The molecule has 0 unspecified atom stereocenters. The molecule has 1 N–H and O–H groups in total. The van der Waals surface area contributed by atoms with Crippen molar-refractivity contribution in [1.29, 1.82) is 0 Å². The smallest absolute Gasteiger partial charge is 0.209 e. The number of tetrazole rings is 1. The molecule has 0 aliphatic rings. The second-order valence-corrected chi connectivity index (χ2v) is 8.77. The lowest BCUT2D eigenvalue weighted by molar-refractivity contribution is 0.269. The molecule has 1 heterocycles. The Bertz CT molecular complexity index is 1020. The van der Waals surface area contributed by atoms with Crippen molar-refractivity contribution in [2.75, 3.05) is 18.9 Å². The number of aromatic nitrogens is 4. The van der Waals surface area contributed by atoms with Gasteiger partial charge in [0.25, 0.3) is 0 Å². The van der Waals surface area contributed by atoms with Crippen LogP contribution in [0.25, 0.3) is 0 Å². The molecule has 11 heteroatoms. The Labute approximate surface area is 200 Å². The van der Waals surface area contributed by atoms with Crippen LogP contribution < -0.4 is 14.8 Å². The van der Waals surface area contributed by atoms with Gasteiger partial charge >= 0.3 is 0 Å². The SMILES string of the molecule is CCOc1cc(CNCCSc2nnnn2C)c(Cl)cc1OCc1ccc(Cl)cc1Cl. The zero-order chi connectivity index (χ0) is 22.2. The predicted molar refractivity (Wildman–Crippen MR) is 125 cm³/mol. The molecule has 0 amide bonds. The standard InChI is InChI=1S/C20H22Cl3N5O2S/c1-3-29-18-8-14(11-24-6-7-31-20-25-26-27-28(20)2)17(23)10-19(18)30-12-13-4-5-15(21)9-16(13)22/h4-5,8-10,24H,3,6-7,11-12H2,1-2H3. The van der Waals surface area contributed by atoms with Crippen LogP contribution in [0, 0.1) is 0 Å². The lowest BCUT2D eigenvalue weighted by Crippen LogP contribution is -2.17. The molecule has 7 nitrogen and oxygen atoms in total. The summed E-state index contributed by atoms with van der Waals surface area (Å²) < 4.78 is 13.4. The van der Waals surface area contributed by atoms with E-state index in [2.05, 4.69) is 20.8 Å². The van der Waals surface area contributed by atoms with E-state index in [-0.39, 0.29) is 6.61 Å². The molecule has 0 bridgehead atoms. The maximum absolute atomic E-state index is 6.50. The predicted octanol–water partition coefficient (Wildman–Crippen LogP) is 5.03. The molecule has 0 aliphatic carbocycles. The summed E-state index contributed by atoms with van der Waals surface area (Å²) in [6.45, 7) is 4.07. The van der Waals surface area contributed by atoms with Gasteiger partial charge in [-0.15, -0.1) is 5.10 Å². The number of benzene rings is 2. The van der Waals surface area contributed by atoms with Crippen molar-refractivity contribution in [3.8, 4) is 11.5 Å². The van der Waals surface area contributed by atoms with Crippen LogP contribution in [0.4, 0.5) is 0 Å². The Morgan fingerprint density at radius 3 is 2.52 bits per heavy atom. The quantitative estimate of drug-likeness (QED) is 0.291. The second-order valence-electron chi connectivity index (χ2n) is 6.46. The van der Waals surface area contributed by atoms with Crippen LogP contribution in [0.2, 0.25) is 15.1 Å². The van der Waals surface area contributed by atoms with Crippen LogP contribution in [0.1, 0.15) is 18.1 Å². The number of thioether (sulfide) groups is 1. The van der Waals surface area contributed by atoms with E-state index in [4.69, 9.17) is 44.3 Å². The molecule has 0 radical (unpaired) electrons. The highest BCUT2D eigenvalue weighted by atomic mass is 35.5. The molecule has 0 saturated heterocycles. The molecule has 1 aromatic heterocycles. The Hall–Kier alpha value is -1.71. The van der Waals surface area contributed by atoms with Gasteiger partial charge in [0, 0.05) is 52.6 Å². The van der Waals surface area contributed by atoms with Crippen molar-refractivity contribution in [3.63, 3.8) is 0 Å². The fourth-order valence-corrected chi connectivity index (χ4v) is 4.10. The summed E-state index contributed by atoms with van der Waals surface area (Å²) in [5, 5.41) is 17.3. The topological polar surface area (TPSA) is 74.1 Å². The molecule has 166 valence electrons. The lowest BCUT2D eigenvalue weighted by Gasteiger charge is -2.16. The minimum absolute atomic E-state index is 0.276. The highest BCUT2D eigenvalue weighted by Gasteiger charge is 2.13. The number of rotatable bonds is 11. The van der Waals surface area contributed by atoms with E-state index >= 15 is 0 Å². The van der Waals surface area contributed by atoms with E-state index in [0.717, 1.165) is 28.6 Å². The molecule has 3 rings (SSSR count). The maximum Gasteiger partial charge on any atom is 0.209 e. The van der Waals surface area contributed by atoms with E-state index in [1.54, 1.807) is 34.6 Å². The van der Waals surface area contributed by atoms with E-state index in [0.29, 0.717) is 39.7 Å². The van der Waals surface area contributed by atoms with Crippen LogP contribution in [-0.4, -0.2) is 39.1 Å². The summed E-state index contributed by atoms with van der Waals surface area (Å²) >= 11 is 20.3. The number of nitrogens with zero attached hydrogens (tertiary/aromatic N) is 4. The summed E-state index contributed by atoms with van der Waals surface area (Å²) in [5.74, 6) is 2.02. The third-order valence-corrected chi connectivity index (χ3v) is 6.17. The zero-order valence-electron chi connectivity index (χ0n) is 17.1. The van der Waals surface area contributed by atoms with E-state index in [1.807, 2.05) is 26.1 Å². The first kappa shape index (κ1) is 23.9. The summed E-state index contributed by atoms with van der Waals surface area (Å²) in [6.07, 6.45) is 0. The van der Waals surface area contributed by atoms with Crippen LogP contribution in [0.3, 0.4) is 0 Å². The van der Waals surface area contributed by atoms with Gasteiger partial charge in [-0.1, -0.05) is 52.6 Å². The third kappa shape index (κ3) is 6.89. The van der Waals surface area contributed by atoms with Crippen molar-refractivity contribution in [2.24, 2.45) is 7.05 Å². The Morgan fingerprint density at radius 1 is 1.03 bits per heavy atom. The van der Waals surface area contributed by atoms with Crippen molar-refractivity contribution in [3.05, 3.63) is 56.5 Å². The van der Waals surface area contributed by atoms with Gasteiger partial charge in [-0.2, -0.15) is 0 Å². The third-order valence-electron chi connectivity index (χ3n) is 4.22. The Morgan fingerprint density at radius 2 is 1.81 bits per heavy atom. The van der Waals surface area contributed by atoms with Crippen molar-refractivity contribution in [2.45, 2.75) is 25.2 Å². The molecule has 31 heavy (non-hydrogen) atoms. The number of hydrogen-bond acceptors (Lipinski definition) is 7. The van der Waals surface area contributed by atoms with Crippen molar-refractivity contribution in [1.82, 2.24) is 25.5 Å². The molecule has 2 aromatic carbocycles. The summed E-state index contributed by atoms with van der Waals surface area (Å²) in [6, 6.07) is 8.97. The number of aryl methyl sites for hydroxylation is 1. The molecule has 0 spiro atoms. The summed E-state index contributed by atoms with van der Waals surface area (Å²) in [4.78, 5) is 0. The minimum atomic E-state index is 0.276. The van der Waals surface area contributed by atoms with Gasteiger partial charge in [-0.3, -0.25) is 0 Å². The second kappa shape index (κ2) is 11.8. The first-order chi connectivity index (χ1) is 15.0. The molecular weight excluding hydrogens is 481 g/mol. The van der Waals surface area contributed by atoms with Gasteiger partial charge in [-0.05, 0) is 41.1 Å². The number of nitrogens with one attached hydrogen (secondary N) is 1. The monoisotopic (exact) mass is 501 g/mol. The lowest BCUT2D eigenvalue weighted by atomic mass is 10.2.